The molecule has 0 bridgehead atoms. The molecule has 0 spiro atoms. The van der Waals surface area contributed by atoms with Gasteiger partial charge in [0, 0.05) is 12.6 Å². The Kier molecular flexibility index (Phi) is 4.00. The van der Waals surface area contributed by atoms with Crippen molar-refractivity contribution in [2.75, 3.05) is 19.7 Å². The van der Waals surface area contributed by atoms with E-state index in [-0.39, 0.29) is 6.61 Å². The molecule has 1 saturated heterocycles. The van der Waals surface area contributed by atoms with Crippen molar-refractivity contribution in [1.82, 2.24) is 4.90 Å². The molecule has 3 nitrogen and oxygen atoms in total. The molecule has 1 aliphatic carbocycles. The molecule has 0 aromatic rings. The quantitative estimate of drug-likeness (QED) is 0.735. The number of aliphatic hydroxyl groups is 2. The van der Waals surface area contributed by atoms with Gasteiger partial charge in [-0.15, -0.1) is 0 Å². The van der Waals surface area contributed by atoms with Crippen LogP contribution < -0.4 is 0 Å². The Morgan fingerprint density at radius 1 is 1.13 bits per heavy atom. The van der Waals surface area contributed by atoms with E-state index >= 15 is 0 Å². The molecule has 1 saturated carbocycles. The second-order valence-corrected chi connectivity index (χ2v) is 5.09. The summed E-state index contributed by atoms with van der Waals surface area (Å²) in [7, 11) is 0. The highest BCUT2D eigenvalue weighted by atomic mass is 16.3. The van der Waals surface area contributed by atoms with Crippen LogP contribution in [-0.4, -0.2) is 47.0 Å². The standard InChI is InChI=1S/C12H23NO2/c14-9-11(15)8-13-7-3-5-10-4-1-2-6-12(10)13/h10-12,14-15H,1-9H2. The van der Waals surface area contributed by atoms with Crippen LogP contribution in [0.4, 0.5) is 0 Å². The molecule has 3 unspecified atom stereocenters. The van der Waals surface area contributed by atoms with Gasteiger partial charge in [0.1, 0.15) is 0 Å². The maximum Gasteiger partial charge on any atom is 0.0897 e. The minimum atomic E-state index is -0.550. The van der Waals surface area contributed by atoms with Crippen molar-refractivity contribution in [3.63, 3.8) is 0 Å². The van der Waals surface area contributed by atoms with E-state index in [2.05, 4.69) is 4.90 Å². The Morgan fingerprint density at radius 3 is 2.67 bits per heavy atom. The average Bonchev–Trinajstić information content (AvgIpc) is 2.29. The fraction of sp³-hybridized carbons (Fsp3) is 1.00. The molecule has 2 N–H and O–H groups in total. The monoisotopic (exact) mass is 213 g/mol. The summed E-state index contributed by atoms with van der Waals surface area (Å²) in [6.45, 7) is 1.67. The largest absolute Gasteiger partial charge is 0.394 e. The number of fused-ring (bicyclic) bond motifs is 1. The van der Waals surface area contributed by atoms with Gasteiger partial charge in [-0.25, -0.2) is 0 Å². The molecule has 0 aromatic heterocycles. The highest BCUT2D eigenvalue weighted by Gasteiger charge is 2.33. The van der Waals surface area contributed by atoms with Crippen LogP contribution in [-0.2, 0) is 0 Å². The summed E-state index contributed by atoms with van der Waals surface area (Å²) < 4.78 is 0. The number of aliphatic hydroxyl groups excluding tert-OH is 2. The van der Waals surface area contributed by atoms with E-state index in [1.807, 2.05) is 0 Å². The second kappa shape index (κ2) is 5.28. The number of piperidine rings is 1. The van der Waals surface area contributed by atoms with Crippen LogP contribution in [0, 0.1) is 5.92 Å². The van der Waals surface area contributed by atoms with E-state index in [1.54, 1.807) is 0 Å². The van der Waals surface area contributed by atoms with Crippen LogP contribution in [0.2, 0.25) is 0 Å². The molecule has 1 aliphatic heterocycles. The van der Waals surface area contributed by atoms with Crippen molar-refractivity contribution in [3.05, 3.63) is 0 Å². The number of hydrogen-bond acceptors (Lipinski definition) is 3. The van der Waals surface area contributed by atoms with E-state index in [9.17, 15) is 5.11 Å². The lowest BCUT2D eigenvalue weighted by molar-refractivity contribution is 0.00266. The molecule has 0 radical (unpaired) electrons. The van der Waals surface area contributed by atoms with Gasteiger partial charge in [0.2, 0.25) is 0 Å². The Hall–Kier alpha value is -0.120. The zero-order valence-corrected chi connectivity index (χ0v) is 9.44. The number of nitrogens with zero attached hydrogens (tertiary/aromatic N) is 1. The van der Waals surface area contributed by atoms with Gasteiger partial charge in [0.25, 0.3) is 0 Å². The summed E-state index contributed by atoms with van der Waals surface area (Å²) >= 11 is 0. The first-order valence-electron chi connectivity index (χ1n) is 6.34. The third kappa shape index (κ3) is 2.71. The first-order valence-corrected chi connectivity index (χ1v) is 6.34. The topological polar surface area (TPSA) is 43.7 Å². The fourth-order valence-electron chi connectivity index (χ4n) is 3.28. The molecular weight excluding hydrogens is 190 g/mol. The third-order valence-corrected chi connectivity index (χ3v) is 4.01. The second-order valence-electron chi connectivity index (χ2n) is 5.09. The highest BCUT2D eigenvalue weighted by molar-refractivity contribution is 4.87. The maximum atomic E-state index is 9.51. The van der Waals surface area contributed by atoms with Gasteiger partial charge < -0.3 is 10.2 Å². The van der Waals surface area contributed by atoms with Gasteiger partial charge in [0.05, 0.1) is 12.7 Å². The number of hydrogen-bond donors (Lipinski definition) is 2. The van der Waals surface area contributed by atoms with Crippen LogP contribution in [0.5, 0.6) is 0 Å². The van der Waals surface area contributed by atoms with E-state index < -0.39 is 6.10 Å². The van der Waals surface area contributed by atoms with E-state index in [0.29, 0.717) is 12.6 Å². The number of likely N-dealkylation sites (tertiary alicyclic amines) is 1. The average molecular weight is 213 g/mol. The van der Waals surface area contributed by atoms with Gasteiger partial charge in [-0.05, 0) is 38.1 Å². The maximum absolute atomic E-state index is 9.51. The molecule has 1 heterocycles. The summed E-state index contributed by atoms with van der Waals surface area (Å²) in [5, 5.41) is 18.4. The van der Waals surface area contributed by atoms with Crippen molar-refractivity contribution in [1.29, 1.82) is 0 Å². The molecule has 2 rings (SSSR count). The first kappa shape index (κ1) is 11.4. The SMILES string of the molecule is OCC(O)CN1CCCC2CCCCC21. The molecule has 88 valence electrons. The zero-order valence-electron chi connectivity index (χ0n) is 9.44. The third-order valence-electron chi connectivity index (χ3n) is 4.01. The molecular formula is C12H23NO2. The Balaban J connectivity index is 1.91. The van der Waals surface area contributed by atoms with Crippen molar-refractivity contribution in [3.8, 4) is 0 Å². The summed E-state index contributed by atoms with van der Waals surface area (Å²) in [4.78, 5) is 2.41. The summed E-state index contributed by atoms with van der Waals surface area (Å²) in [6.07, 6.45) is 7.48. The molecule has 0 amide bonds. The minimum Gasteiger partial charge on any atom is -0.394 e. The molecule has 2 aliphatic rings. The normalized spacial score (nSPS) is 34.8. The summed E-state index contributed by atoms with van der Waals surface area (Å²) in [5.74, 6) is 0.860. The van der Waals surface area contributed by atoms with Crippen LogP contribution >= 0.6 is 0 Å². The lowest BCUT2D eigenvalue weighted by Gasteiger charge is -2.44. The lowest BCUT2D eigenvalue weighted by atomic mass is 9.78. The van der Waals surface area contributed by atoms with E-state index in [4.69, 9.17) is 5.11 Å². The van der Waals surface area contributed by atoms with Crippen LogP contribution in [0.1, 0.15) is 38.5 Å². The van der Waals surface area contributed by atoms with Gasteiger partial charge in [-0.1, -0.05) is 12.8 Å². The molecule has 2 fully saturated rings. The van der Waals surface area contributed by atoms with Gasteiger partial charge in [0.15, 0.2) is 0 Å². The van der Waals surface area contributed by atoms with Crippen LogP contribution in [0.3, 0.4) is 0 Å². The fourth-order valence-corrected chi connectivity index (χ4v) is 3.28. The molecule has 3 atom stereocenters. The van der Waals surface area contributed by atoms with Crippen molar-refractivity contribution in [2.24, 2.45) is 5.92 Å². The summed E-state index contributed by atoms with van der Waals surface area (Å²) in [5.41, 5.74) is 0. The van der Waals surface area contributed by atoms with Crippen molar-refractivity contribution in [2.45, 2.75) is 50.7 Å². The Labute approximate surface area is 92.1 Å². The predicted molar refractivity (Wildman–Crippen MR) is 59.6 cm³/mol. The van der Waals surface area contributed by atoms with Crippen LogP contribution in [0.15, 0.2) is 0 Å². The van der Waals surface area contributed by atoms with E-state index in [0.717, 1.165) is 12.5 Å². The Morgan fingerprint density at radius 2 is 1.87 bits per heavy atom. The number of β-amino-alcohol motifs (C(OH)–C–C–N with tert-alkyl or cyclic N) is 1. The van der Waals surface area contributed by atoms with Gasteiger partial charge >= 0.3 is 0 Å². The molecule has 3 heteroatoms. The van der Waals surface area contributed by atoms with Crippen molar-refractivity contribution < 1.29 is 10.2 Å². The molecule has 15 heavy (non-hydrogen) atoms. The van der Waals surface area contributed by atoms with E-state index in [1.165, 1.54) is 38.5 Å². The van der Waals surface area contributed by atoms with Gasteiger partial charge in [-0.2, -0.15) is 0 Å². The smallest absolute Gasteiger partial charge is 0.0897 e. The summed E-state index contributed by atoms with van der Waals surface area (Å²) in [6, 6.07) is 0.689. The molecule has 0 aromatic carbocycles. The highest BCUT2D eigenvalue weighted by Crippen LogP contribution is 2.35. The Bertz CT molecular complexity index is 196. The lowest BCUT2D eigenvalue weighted by Crippen LogP contribution is -2.49. The first-order chi connectivity index (χ1) is 7.31. The van der Waals surface area contributed by atoms with Crippen LogP contribution in [0.25, 0.3) is 0 Å². The van der Waals surface area contributed by atoms with Gasteiger partial charge in [-0.3, -0.25) is 4.90 Å². The number of rotatable bonds is 3. The zero-order chi connectivity index (χ0) is 10.7. The van der Waals surface area contributed by atoms with Crippen molar-refractivity contribution >= 4 is 0 Å². The minimum absolute atomic E-state index is 0.103. The predicted octanol–water partition coefficient (Wildman–Crippen LogP) is 0.994.